The van der Waals surface area contributed by atoms with E-state index in [2.05, 4.69) is 17.4 Å². The average Bonchev–Trinajstić information content (AvgIpc) is 2.77. The molecule has 3 rings (SSSR count). The van der Waals surface area contributed by atoms with Gasteiger partial charge >= 0.3 is 0 Å². The summed E-state index contributed by atoms with van der Waals surface area (Å²) in [6.45, 7) is 2.73. The molecule has 0 spiro atoms. The van der Waals surface area contributed by atoms with Crippen LogP contribution in [0.25, 0.3) is 11.1 Å². The molecule has 0 fully saturated rings. The van der Waals surface area contributed by atoms with Crippen LogP contribution in [0.4, 0.5) is 5.69 Å². The number of benzene rings is 1. The Hall–Kier alpha value is -1.97. The maximum absolute atomic E-state index is 5.35. The van der Waals surface area contributed by atoms with E-state index in [0.29, 0.717) is 6.54 Å². The van der Waals surface area contributed by atoms with Gasteiger partial charge in [-0.1, -0.05) is 11.2 Å². The van der Waals surface area contributed by atoms with Gasteiger partial charge in [-0.15, -0.1) is 0 Å². The number of ether oxygens (including phenoxy) is 1. The van der Waals surface area contributed by atoms with Crippen molar-refractivity contribution in [2.75, 3.05) is 12.4 Å². The lowest BCUT2D eigenvalue weighted by atomic mass is 9.96. The molecule has 0 aliphatic carbocycles. The number of nitrogens with zero attached hydrogens (tertiary/aromatic N) is 1. The van der Waals surface area contributed by atoms with Gasteiger partial charge in [-0.3, -0.25) is 0 Å². The fraction of sp³-hybridized carbons (Fsp3) is 0.250. The van der Waals surface area contributed by atoms with Gasteiger partial charge in [0.1, 0.15) is 5.75 Å². The van der Waals surface area contributed by atoms with Crippen molar-refractivity contribution in [3.63, 3.8) is 0 Å². The summed E-state index contributed by atoms with van der Waals surface area (Å²) < 4.78 is 10.5. The predicted molar refractivity (Wildman–Crippen MR) is 60.6 cm³/mol. The largest absolute Gasteiger partial charge is 0.495 e. The fourth-order valence-electron chi connectivity index (χ4n) is 2.14. The van der Waals surface area contributed by atoms with Crippen molar-refractivity contribution in [3.8, 4) is 16.9 Å². The summed E-state index contributed by atoms with van der Waals surface area (Å²) >= 11 is 0. The number of methoxy groups -OCH3 is 1. The third-order valence-electron chi connectivity index (χ3n) is 2.94. The minimum atomic E-state index is 0.655. The zero-order valence-corrected chi connectivity index (χ0v) is 9.20. The molecule has 16 heavy (non-hydrogen) atoms. The molecule has 1 aliphatic rings. The summed E-state index contributed by atoms with van der Waals surface area (Å²) in [4.78, 5) is 0. The lowest BCUT2D eigenvalue weighted by Gasteiger charge is -2.21. The Balaban J connectivity index is 2.31. The first-order valence-electron chi connectivity index (χ1n) is 5.16. The molecule has 0 bridgehead atoms. The topological polar surface area (TPSA) is 47.3 Å². The highest BCUT2D eigenvalue weighted by atomic mass is 16.5. The molecule has 4 heteroatoms. The zero-order valence-electron chi connectivity index (χ0n) is 9.20. The number of hydrogen-bond acceptors (Lipinski definition) is 4. The van der Waals surface area contributed by atoms with Crippen molar-refractivity contribution >= 4 is 5.69 Å². The molecular formula is C12H12N2O2. The van der Waals surface area contributed by atoms with Gasteiger partial charge < -0.3 is 14.6 Å². The normalized spacial score (nSPS) is 12.6. The van der Waals surface area contributed by atoms with E-state index >= 15 is 0 Å². The molecule has 0 saturated carbocycles. The summed E-state index contributed by atoms with van der Waals surface area (Å²) in [5.74, 6) is 1.73. The fourth-order valence-corrected chi connectivity index (χ4v) is 2.14. The van der Waals surface area contributed by atoms with E-state index in [1.807, 2.05) is 12.1 Å². The highest BCUT2D eigenvalue weighted by Crippen LogP contribution is 2.42. The van der Waals surface area contributed by atoms with Crippen LogP contribution in [0.2, 0.25) is 0 Å². The Morgan fingerprint density at radius 2 is 2.31 bits per heavy atom. The van der Waals surface area contributed by atoms with E-state index in [1.54, 1.807) is 13.3 Å². The van der Waals surface area contributed by atoms with Crippen molar-refractivity contribution in [2.24, 2.45) is 0 Å². The molecule has 0 radical (unpaired) electrons. The summed E-state index contributed by atoms with van der Waals surface area (Å²) in [5.41, 5.74) is 4.40. The number of hydrogen-bond donors (Lipinski definition) is 1. The summed E-state index contributed by atoms with van der Waals surface area (Å²) in [5, 5.41) is 7.15. The number of aromatic nitrogens is 1. The second-order valence-corrected chi connectivity index (χ2v) is 3.85. The van der Waals surface area contributed by atoms with Crippen LogP contribution in [0.5, 0.6) is 5.75 Å². The van der Waals surface area contributed by atoms with Crippen molar-refractivity contribution in [3.05, 3.63) is 29.7 Å². The van der Waals surface area contributed by atoms with Gasteiger partial charge in [0, 0.05) is 11.1 Å². The quantitative estimate of drug-likeness (QED) is 0.795. The van der Waals surface area contributed by atoms with E-state index in [0.717, 1.165) is 28.3 Å². The molecule has 1 aromatic heterocycles. The third kappa shape index (κ3) is 1.13. The van der Waals surface area contributed by atoms with Crippen LogP contribution in [0.15, 0.2) is 22.9 Å². The number of anilines is 1. The Bertz CT molecular complexity index is 546. The molecule has 0 saturated heterocycles. The molecule has 1 N–H and O–H groups in total. The molecule has 2 heterocycles. The molecule has 4 nitrogen and oxygen atoms in total. The maximum atomic E-state index is 5.35. The molecular weight excluding hydrogens is 204 g/mol. The number of rotatable bonds is 1. The highest BCUT2D eigenvalue weighted by Gasteiger charge is 2.23. The predicted octanol–water partition coefficient (Wildman–Crippen LogP) is 2.58. The van der Waals surface area contributed by atoms with Gasteiger partial charge in [-0.2, -0.15) is 0 Å². The van der Waals surface area contributed by atoms with E-state index in [4.69, 9.17) is 9.26 Å². The van der Waals surface area contributed by atoms with Crippen molar-refractivity contribution < 1.29 is 9.26 Å². The lowest BCUT2D eigenvalue weighted by molar-refractivity contribution is 0.387. The lowest BCUT2D eigenvalue weighted by Crippen LogP contribution is -2.09. The maximum Gasteiger partial charge on any atom is 0.163 e. The van der Waals surface area contributed by atoms with Crippen molar-refractivity contribution in [1.29, 1.82) is 0 Å². The monoisotopic (exact) mass is 216 g/mol. The number of nitrogens with one attached hydrogen (secondary N) is 1. The van der Waals surface area contributed by atoms with E-state index in [-0.39, 0.29) is 0 Å². The average molecular weight is 216 g/mol. The van der Waals surface area contributed by atoms with E-state index in [1.165, 1.54) is 5.56 Å². The van der Waals surface area contributed by atoms with Gasteiger partial charge in [0.05, 0.1) is 25.5 Å². The molecule has 1 aromatic carbocycles. The van der Waals surface area contributed by atoms with Gasteiger partial charge in [-0.25, -0.2) is 0 Å². The first-order chi connectivity index (χ1) is 7.81. The van der Waals surface area contributed by atoms with Crippen LogP contribution < -0.4 is 10.1 Å². The Kier molecular flexibility index (Phi) is 1.89. The highest BCUT2D eigenvalue weighted by molar-refractivity contribution is 5.87. The standard InChI is InChI=1S/C12H12N2O2/c1-7-3-4-9(15-2)12-11(7)8-5-14-16-10(8)6-13-12/h3-5,13H,6H2,1-2H3. The number of aryl methyl sites for hydroxylation is 1. The molecule has 0 atom stereocenters. The van der Waals surface area contributed by atoms with Crippen LogP contribution in [0.3, 0.4) is 0 Å². The third-order valence-corrected chi connectivity index (χ3v) is 2.94. The second kappa shape index (κ2) is 3.27. The minimum absolute atomic E-state index is 0.655. The molecule has 0 amide bonds. The van der Waals surface area contributed by atoms with Crippen LogP contribution in [0.1, 0.15) is 11.3 Å². The molecule has 82 valence electrons. The minimum Gasteiger partial charge on any atom is -0.495 e. The van der Waals surface area contributed by atoms with Crippen molar-refractivity contribution in [2.45, 2.75) is 13.5 Å². The smallest absolute Gasteiger partial charge is 0.163 e. The summed E-state index contributed by atoms with van der Waals surface area (Å²) in [6.07, 6.45) is 1.77. The second-order valence-electron chi connectivity index (χ2n) is 3.85. The molecule has 1 aliphatic heterocycles. The van der Waals surface area contributed by atoms with Crippen LogP contribution in [-0.2, 0) is 6.54 Å². The van der Waals surface area contributed by atoms with Gasteiger partial charge in [0.2, 0.25) is 0 Å². The molecule has 2 aromatic rings. The molecule has 0 unspecified atom stereocenters. The summed E-state index contributed by atoms with van der Waals surface area (Å²) in [7, 11) is 1.68. The Morgan fingerprint density at radius 3 is 3.12 bits per heavy atom. The van der Waals surface area contributed by atoms with Crippen LogP contribution in [0, 0.1) is 6.92 Å². The SMILES string of the molecule is COc1ccc(C)c2c1NCc1oncc1-2. The van der Waals surface area contributed by atoms with E-state index < -0.39 is 0 Å². The van der Waals surface area contributed by atoms with Crippen LogP contribution in [-0.4, -0.2) is 12.3 Å². The van der Waals surface area contributed by atoms with Gasteiger partial charge in [0.15, 0.2) is 5.76 Å². The van der Waals surface area contributed by atoms with E-state index in [9.17, 15) is 0 Å². The zero-order chi connectivity index (χ0) is 11.1. The Labute approximate surface area is 93.2 Å². The van der Waals surface area contributed by atoms with Gasteiger partial charge in [0.25, 0.3) is 0 Å². The summed E-state index contributed by atoms with van der Waals surface area (Å²) in [6, 6.07) is 4.01. The van der Waals surface area contributed by atoms with Crippen molar-refractivity contribution in [1.82, 2.24) is 5.16 Å². The Morgan fingerprint density at radius 1 is 1.44 bits per heavy atom. The number of fused-ring (bicyclic) bond motifs is 3. The first kappa shape index (κ1) is 9.27. The van der Waals surface area contributed by atoms with Crippen LogP contribution >= 0.6 is 0 Å². The van der Waals surface area contributed by atoms with Gasteiger partial charge in [-0.05, 0) is 18.6 Å². The first-order valence-corrected chi connectivity index (χ1v) is 5.16.